The summed E-state index contributed by atoms with van der Waals surface area (Å²) in [5, 5.41) is 3.31. The van der Waals surface area contributed by atoms with Crippen molar-refractivity contribution >= 4 is 0 Å². The molecule has 19 heavy (non-hydrogen) atoms. The van der Waals surface area contributed by atoms with E-state index in [4.69, 9.17) is 0 Å². The monoisotopic (exact) mass is 262 g/mol. The van der Waals surface area contributed by atoms with Gasteiger partial charge in [-0.3, -0.25) is 0 Å². The molecule has 0 amide bonds. The summed E-state index contributed by atoms with van der Waals surface area (Å²) in [4.78, 5) is 2.44. The van der Waals surface area contributed by atoms with Crippen LogP contribution in [0.4, 0.5) is 0 Å². The maximum Gasteiger partial charge on any atom is 0.0233 e. The second-order valence-corrected chi connectivity index (χ2v) is 6.19. The van der Waals surface area contributed by atoms with Crippen molar-refractivity contribution in [1.82, 2.24) is 10.2 Å². The molecule has 1 N–H and O–H groups in total. The summed E-state index contributed by atoms with van der Waals surface area (Å²) < 4.78 is 0. The van der Waals surface area contributed by atoms with Crippen LogP contribution in [-0.4, -0.2) is 32.1 Å². The highest BCUT2D eigenvalue weighted by atomic mass is 15.1. The molecule has 0 heterocycles. The first-order valence-corrected chi connectivity index (χ1v) is 7.33. The van der Waals surface area contributed by atoms with Crippen molar-refractivity contribution in [3.63, 3.8) is 0 Å². The van der Waals surface area contributed by atoms with Gasteiger partial charge in [-0.05, 0) is 57.5 Å². The van der Waals surface area contributed by atoms with Crippen molar-refractivity contribution < 1.29 is 0 Å². The molecule has 1 unspecified atom stereocenters. The molecule has 2 heteroatoms. The van der Waals surface area contributed by atoms with E-state index in [-0.39, 0.29) is 0 Å². The summed E-state index contributed by atoms with van der Waals surface area (Å²) in [6, 6.07) is 6.75. The van der Waals surface area contributed by atoms with Crippen molar-refractivity contribution in [1.29, 1.82) is 0 Å². The van der Waals surface area contributed by atoms with Crippen LogP contribution in [0.3, 0.4) is 0 Å². The summed E-state index contributed by atoms with van der Waals surface area (Å²) in [6.07, 6.45) is 0. The van der Waals surface area contributed by atoms with Crippen molar-refractivity contribution in [3.05, 3.63) is 34.9 Å². The predicted molar refractivity (Wildman–Crippen MR) is 84.5 cm³/mol. The van der Waals surface area contributed by atoms with E-state index in [0.29, 0.717) is 11.8 Å². The number of hydrogen-bond acceptors (Lipinski definition) is 2. The second kappa shape index (κ2) is 7.66. The molecule has 0 aliphatic heterocycles. The molecule has 0 aliphatic carbocycles. The fourth-order valence-electron chi connectivity index (χ4n) is 2.55. The van der Waals surface area contributed by atoms with E-state index in [2.05, 4.69) is 63.2 Å². The highest BCUT2D eigenvalue weighted by molar-refractivity contribution is 5.30. The molecule has 0 fully saturated rings. The van der Waals surface area contributed by atoms with Gasteiger partial charge >= 0.3 is 0 Å². The average molecular weight is 262 g/mol. The lowest BCUT2D eigenvalue weighted by Gasteiger charge is -2.27. The van der Waals surface area contributed by atoms with Crippen LogP contribution in [0.15, 0.2) is 18.2 Å². The first-order chi connectivity index (χ1) is 8.93. The summed E-state index contributed by atoms with van der Waals surface area (Å²) >= 11 is 0. The van der Waals surface area contributed by atoms with Crippen LogP contribution in [0.5, 0.6) is 0 Å². The van der Waals surface area contributed by atoms with Gasteiger partial charge in [0.1, 0.15) is 0 Å². The highest BCUT2D eigenvalue weighted by Crippen LogP contribution is 2.16. The second-order valence-electron chi connectivity index (χ2n) is 6.19. The third-order valence-corrected chi connectivity index (χ3v) is 3.89. The highest BCUT2D eigenvalue weighted by Gasteiger charge is 2.15. The Kier molecular flexibility index (Phi) is 6.53. The summed E-state index contributed by atoms with van der Waals surface area (Å²) in [5.41, 5.74) is 4.20. The van der Waals surface area contributed by atoms with E-state index in [9.17, 15) is 0 Å². The topological polar surface area (TPSA) is 15.3 Å². The van der Waals surface area contributed by atoms with Gasteiger partial charge in [-0.2, -0.15) is 0 Å². The van der Waals surface area contributed by atoms with Gasteiger partial charge in [0.05, 0.1) is 0 Å². The SMILES string of the molecule is CNCC(CN(C)Cc1ccc(C)cc1C)C(C)C. The van der Waals surface area contributed by atoms with Crippen LogP contribution < -0.4 is 5.32 Å². The molecule has 0 aromatic heterocycles. The standard InChI is InChI=1S/C17H30N2/c1-13(2)17(10-18-5)12-19(6)11-16-8-7-14(3)9-15(16)4/h7-9,13,17-18H,10-12H2,1-6H3. The largest absolute Gasteiger partial charge is 0.319 e. The molecule has 0 bridgehead atoms. The Bertz CT molecular complexity index is 385. The third kappa shape index (κ3) is 5.33. The van der Waals surface area contributed by atoms with Crippen molar-refractivity contribution in [2.75, 3.05) is 27.2 Å². The molecule has 0 saturated heterocycles. The molecular formula is C17H30N2. The van der Waals surface area contributed by atoms with Crippen LogP contribution in [-0.2, 0) is 6.54 Å². The Morgan fingerprint density at radius 2 is 1.89 bits per heavy atom. The molecule has 108 valence electrons. The van der Waals surface area contributed by atoms with Crippen molar-refractivity contribution in [3.8, 4) is 0 Å². The van der Waals surface area contributed by atoms with Gasteiger partial charge < -0.3 is 10.2 Å². The molecule has 1 atom stereocenters. The quantitative estimate of drug-likeness (QED) is 0.811. The van der Waals surface area contributed by atoms with Gasteiger partial charge in [0.25, 0.3) is 0 Å². The lowest BCUT2D eigenvalue weighted by Crippen LogP contribution is -2.34. The van der Waals surface area contributed by atoms with E-state index < -0.39 is 0 Å². The molecule has 1 rings (SSSR count). The first-order valence-electron chi connectivity index (χ1n) is 7.33. The van der Waals surface area contributed by atoms with E-state index in [1.807, 2.05) is 7.05 Å². The van der Waals surface area contributed by atoms with Gasteiger partial charge in [0.15, 0.2) is 0 Å². The number of hydrogen-bond donors (Lipinski definition) is 1. The number of benzene rings is 1. The zero-order valence-electron chi connectivity index (χ0n) is 13.5. The van der Waals surface area contributed by atoms with Gasteiger partial charge in [0.2, 0.25) is 0 Å². The van der Waals surface area contributed by atoms with Gasteiger partial charge in [-0.25, -0.2) is 0 Å². The molecule has 1 aromatic rings. The molecule has 0 aliphatic rings. The van der Waals surface area contributed by atoms with Gasteiger partial charge in [0, 0.05) is 13.1 Å². The summed E-state index contributed by atoms with van der Waals surface area (Å²) in [6.45, 7) is 12.3. The molecule has 0 spiro atoms. The summed E-state index contributed by atoms with van der Waals surface area (Å²) in [7, 11) is 4.27. The number of rotatable bonds is 7. The Morgan fingerprint density at radius 3 is 2.42 bits per heavy atom. The Hall–Kier alpha value is -0.860. The zero-order valence-corrected chi connectivity index (χ0v) is 13.5. The Labute approximate surface area is 119 Å². The Morgan fingerprint density at radius 1 is 1.21 bits per heavy atom. The lowest BCUT2D eigenvalue weighted by atomic mass is 9.95. The number of aryl methyl sites for hydroxylation is 2. The molecule has 1 aromatic carbocycles. The molecule has 2 nitrogen and oxygen atoms in total. The van der Waals surface area contributed by atoms with E-state index in [1.165, 1.54) is 16.7 Å². The average Bonchev–Trinajstić information content (AvgIpc) is 2.32. The number of nitrogens with one attached hydrogen (secondary N) is 1. The van der Waals surface area contributed by atoms with Crippen LogP contribution in [0, 0.1) is 25.7 Å². The smallest absolute Gasteiger partial charge is 0.0233 e. The molecule has 0 saturated carbocycles. The minimum atomic E-state index is 0.709. The van der Waals surface area contributed by atoms with E-state index >= 15 is 0 Å². The van der Waals surface area contributed by atoms with Crippen LogP contribution in [0.2, 0.25) is 0 Å². The normalized spacial score (nSPS) is 13.3. The van der Waals surface area contributed by atoms with Crippen LogP contribution >= 0.6 is 0 Å². The van der Waals surface area contributed by atoms with Crippen molar-refractivity contribution in [2.45, 2.75) is 34.2 Å². The molecule has 0 radical (unpaired) electrons. The Balaban J connectivity index is 2.60. The first kappa shape index (κ1) is 16.2. The van der Waals surface area contributed by atoms with Crippen LogP contribution in [0.25, 0.3) is 0 Å². The minimum Gasteiger partial charge on any atom is -0.319 e. The fourth-order valence-corrected chi connectivity index (χ4v) is 2.55. The van der Waals surface area contributed by atoms with E-state index in [0.717, 1.165) is 19.6 Å². The van der Waals surface area contributed by atoms with Gasteiger partial charge in [-0.15, -0.1) is 0 Å². The zero-order chi connectivity index (χ0) is 14.4. The third-order valence-electron chi connectivity index (χ3n) is 3.89. The summed E-state index contributed by atoms with van der Waals surface area (Å²) in [5.74, 6) is 1.43. The number of nitrogens with zero attached hydrogens (tertiary/aromatic N) is 1. The van der Waals surface area contributed by atoms with Crippen LogP contribution in [0.1, 0.15) is 30.5 Å². The lowest BCUT2D eigenvalue weighted by molar-refractivity contribution is 0.227. The fraction of sp³-hybridized carbons (Fsp3) is 0.647. The maximum atomic E-state index is 3.31. The van der Waals surface area contributed by atoms with E-state index in [1.54, 1.807) is 0 Å². The van der Waals surface area contributed by atoms with Crippen molar-refractivity contribution in [2.24, 2.45) is 11.8 Å². The molecular weight excluding hydrogens is 232 g/mol. The minimum absolute atomic E-state index is 0.709. The van der Waals surface area contributed by atoms with Gasteiger partial charge in [-0.1, -0.05) is 37.6 Å². The predicted octanol–water partition coefficient (Wildman–Crippen LogP) is 3.23. The maximum absolute atomic E-state index is 3.31.